The first-order chi connectivity index (χ1) is 15.9. The number of thiophene rings is 1. The fourth-order valence-electron chi connectivity index (χ4n) is 3.12. The summed E-state index contributed by atoms with van der Waals surface area (Å²) in [6, 6.07) is 16.2. The molecule has 3 aromatic rings. The molecule has 2 aromatic carbocycles. The van der Waals surface area contributed by atoms with E-state index in [-0.39, 0.29) is 12.1 Å². The van der Waals surface area contributed by atoms with Crippen molar-refractivity contribution < 1.29 is 23.8 Å². The smallest absolute Gasteiger partial charge is 0.412 e. The van der Waals surface area contributed by atoms with Gasteiger partial charge in [0.1, 0.15) is 5.60 Å². The van der Waals surface area contributed by atoms with Crippen LogP contribution in [-0.2, 0) is 15.7 Å². The van der Waals surface area contributed by atoms with Gasteiger partial charge in [0.25, 0.3) is 5.91 Å². The van der Waals surface area contributed by atoms with Crippen LogP contribution in [0.25, 0.3) is 10.4 Å². The Bertz CT molecular complexity index is 1200. The molecule has 1 unspecified atom stereocenters. The molecule has 0 radical (unpaired) electrons. The van der Waals surface area contributed by atoms with Gasteiger partial charge < -0.3 is 14.9 Å². The molecule has 34 heavy (non-hydrogen) atoms. The van der Waals surface area contributed by atoms with E-state index in [1.807, 2.05) is 29.6 Å². The van der Waals surface area contributed by atoms with Crippen molar-refractivity contribution in [3.05, 3.63) is 71.1 Å². The molecule has 0 saturated heterocycles. The van der Waals surface area contributed by atoms with Crippen LogP contribution in [0.2, 0.25) is 0 Å². The van der Waals surface area contributed by atoms with E-state index in [1.165, 1.54) is 6.66 Å². The van der Waals surface area contributed by atoms with Crippen molar-refractivity contribution in [2.24, 2.45) is 0 Å². The van der Waals surface area contributed by atoms with Crippen LogP contribution in [-0.4, -0.2) is 35.3 Å². The fraction of sp³-hybridized carbons (Fsp3) is 0.280. The zero-order chi connectivity index (χ0) is 24.9. The van der Waals surface area contributed by atoms with Gasteiger partial charge in [-0.15, -0.1) is 11.3 Å². The van der Waals surface area contributed by atoms with Crippen LogP contribution in [0, 0.1) is 0 Å². The van der Waals surface area contributed by atoms with Crippen molar-refractivity contribution >= 4 is 42.1 Å². The Hall–Kier alpha value is -2.93. The van der Waals surface area contributed by atoms with Gasteiger partial charge in [-0.05, 0) is 74.0 Å². The van der Waals surface area contributed by atoms with Crippen LogP contribution in [0.1, 0.15) is 36.7 Å². The van der Waals surface area contributed by atoms with Crippen LogP contribution >= 0.6 is 18.7 Å². The monoisotopic (exact) mass is 500 g/mol. The van der Waals surface area contributed by atoms with E-state index >= 15 is 0 Å². The Balaban J connectivity index is 1.81. The lowest BCUT2D eigenvalue weighted by Gasteiger charge is -2.21. The summed E-state index contributed by atoms with van der Waals surface area (Å²) in [6.07, 6.45) is 0.0283. The highest BCUT2D eigenvalue weighted by atomic mass is 32.1. The third-order valence-corrected chi connectivity index (χ3v) is 6.71. The number of aryl methyl sites for hydroxylation is 1. The number of hydrogen-bond donors (Lipinski definition) is 3. The molecule has 7 nitrogen and oxygen atoms in total. The first-order valence-corrected chi connectivity index (χ1v) is 13.9. The largest absolute Gasteiger partial charge is 0.444 e. The number of carbonyl (C=O) groups excluding carboxylic acids is 2. The average Bonchev–Trinajstić information content (AvgIpc) is 3.27. The number of ether oxygens (including phenoxy) is 1. The zero-order valence-corrected chi connectivity index (χ0v) is 21.3. The maximum absolute atomic E-state index is 13.0. The maximum Gasteiger partial charge on any atom is 0.412 e. The molecule has 9 heteroatoms. The Morgan fingerprint density at radius 1 is 1.03 bits per heavy atom. The standard InChI is InChI=1S/C25H29N2O5PS/c1-25(2,3)32-24(29)27-20-12-11-19(22-6-5-15-34-22)16-21(20)26-23(28)18-9-7-17(8-10-18)13-14-33(4,30)31/h5-12,15-16H,13-14H2,1-4H3,(H,26,28)(H,27,29)(H,30,31). The molecular weight excluding hydrogens is 471 g/mol. The first kappa shape index (κ1) is 25.7. The molecule has 1 heterocycles. The lowest BCUT2D eigenvalue weighted by molar-refractivity contribution is 0.0635. The van der Waals surface area contributed by atoms with Gasteiger partial charge in [0.05, 0.1) is 11.4 Å². The van der Waals surface area contributed by atoms with Crippen molar-refractivity contribution in [3.63, 3.8) is 0 Å². The van der Waals surface area contributed by atoms with Gasteiger partial charge in [0.2, 0.25) is 0 Å². The number of amides is 2. The molecule has 1 aromatic heterocycles. The van der Waals surface area contributed by atoms with Crippen molar-refractivity contribution in [3.8, 4) is 10.4 Å². The Morgan fingerprint density at radius 3 is 2.32 bits per heavy atom. The highest BCUT2D eigenvalue weighted by Gasteiger charge is 2.19. The number of benzene rings is 2. The molecule has 2 amide bonds. The summed E-state index contributed by atoms with van der Waals surface area (Å²) in [6.45, 7) is 6.66. The summed E-state index contributed by atoms with van der Waals surface area (Å²) < 4.78 is 16.9. The summed E-state index contributed by atoms with van der Waals surface area (Å²) in [4.78, 5) is 35.8. The third kappa shape index (κ3) is 7.83. The van der Waals surface area contributed by atoms with Crippen LogP contribution in [0.5, 0.6) is 0 Å². The van der Waals surface area contributed by atoms with Crippen LogP contribution < -0.4 is 10.6 Å². The highest BCUT2D eigenvalue weighted by Crippen LogP contribution is 2.35. The third-order valence-electron chi connectivity index (χ3n) is 4.74. The summed E-state index contributed by atoms with van der Waals surface area (Å²) in [5, 5.41) is 7.57. The second kappa shape index (κ2) is 10.6. The zero-order valence-electron chi connectivity index (χ0n) is 19.6. The van der Waals surface area contributed by atoms with Crippen LogP contribution in [0.4, 0.5) is 16.2 Å². The van der Waals surface area contributed by atoms with Crippen molar-refractivity contribution in [2.45, 2.75) is 32.8 Å². The number of carbonyl (C=O) groups is 2. The number of anilines is 2. The molecule has 3 N–H and O–H groups in total. The lowest BCUT2D eigenvalue weighted by atomic mass is 10.1. The second-order valence-corrected chi connectivity index (χ2v) is 12.5. The molecule has 0 aliphatic rings. The maximum atomic E-state index is 13.0. The minimum absolute atomic E-state index is 0.188. The summed E-state index contributed by atoms with van der Waals surface area (Å²) in [5.41, 5.74) is 2.41. The van der Waals surface area contributed by atoms with E-state index in [9.17, 15) is 19.0 Å². The van der Waals surface area contributed by atoms with E-state index in [0.717, 1.165) is 16.0 Å². The van der Waals surface area contributed by atoms with Gasteiger partial charge in [-0.25, -0.2) is 4.79 Å². The molecule has 0 fully saturated rings. The van der Waals surface area contributed by atoms with Gasteiger partial charge in [0, 0.05) is 23.3 Å². The Labute approximate surface area is 203 Å². The predicted octanol–water partition coefficient (Wildman–Crippen LogP) is 6.46. The molecule has 0 bridgehead atoms. The molecular formula is C25H29N2O5PS. The predicted molar refractivity (Wildman–Crippen MR) is 138 cm³/mol. The van der Waals surface area contributed by atoms with Crippen molar-refractivity contribution in [1.82, 2.24) is 0 Å². The van der Waals surface area contributed by atoms with Crippen molar-refractivity contribution in [2.75, 3.05) is 23.5 Å². The van der Waals surface area contributed by atoms with Gasteiger partial charge in [-0.2, -0.15) is 0 Å². The molecule has 0 aliphatic carbocycles. The summed E-state index contributed by atoms with van der Waals surface area (Å²) in [7, 11) is -3.09. The SMILES string of the molecule is CC(C)(C)OC(=O)Nc1ccc(-c2cccs2)cc1NC(=O)c1ccc(CCP(C)(=O)O)cc1. The molecule has 0 spiro atoms. The van der Waals surface area contributed by atoms with Gasteiger partial charge in [-0.1, -0.05) is 24.3 Å². The minimum Gasteiger partial charge on any atom is -0.444 e. The normalized spacial score (nSPS) is 13.1. The molecule has 0 aliphatic heterocycles. The molecule has 1 atom stereocenters. The minimum atomic E-state index is -3.09. The molecule has 3 rings (SSSR count). The van der Waals surface area contributed by atoms with Gasteiger partial charge >= 0.3 is 6.09 Å². The summed E-state index contributed by atoms with van der Waals surface area (Å²) in [5.74, 6) is -0.342. The quantitative estimate of drug-likeness (QED) is 0.323. The Kier molecular flexibility index (Phi) is 7.97. The van der Waals surface area contributed by atoms with Crippen LogP contribution in [0.3, 0.4) is 0 Å². The number of nitrogens with one attached hydrogen (secondary N) is 2. The van der Waals surface area contributed by atoms with Gasteiger partial charge in [-0.3, -0.25) is 14.7 Å². The topological polar surface area (TPSA) is 105 Å². The number of rotatable bonds is 7. The lowest BCUT2D eigenvalue weighted by Crippen LogP contribution is -2.27. The van der Waals surface area contributed by atoms with Gasteiger partial charge in [0.15, 0.2) is 7.37 Å². The first-order valence-electron chi connectivity index (χ1n) is 10.8. The number of hydrogen-bond acceptors (Lipinski definition) is 5. The highest BCUT2D eigenvalue weighted by molar-refractivity contribution is 7.57. The molecule has 0 saturated carbocycles. The molecule has 180 valence electrons. The van der Waals surface area contributed by atoms with E-state index < -0.39 is 19.1 Å². The summed E-state index contributed by atoms with van der Waals surface area (Å²) >= 11 is 1.57. The van der Waals surface area contributed by atoms with Crippen molar-refractivity contribution in [1.29, 1.82) is 0 Å². The van der Waals surface area contributed by atoms with E-state index in [0.29, 0.717) is 23.4 Å². The van der Waals surface area contributed by atoms with E-state index in [4.69, 9.17) is 4.74 Å². The fourth-order valence-corrected chi connectivity index (χ4v) is 4.52. The Morgan fingerprint density at radius 2 is 1.74 bits per heavy atom. The average molecular weight is 501 g/mol. The second-order valence-electron chi connectivity index (χ2n) is 9.04. The van der Waals surface area contributed by atoms with Crippen LogP contribution in [0.15, 0.2) is 60.0 Å². The van der Waals surface area contributed by atoms with E-state index in [1.54, 1.807) is 62.4 Å². The van der Waals surface area contributed by atoms with E-state index in [2.05, 4.69) is 10.6 Å².